The highest BCUT2D eigenvalue weighted by Gasteiger charge is 2.31. The number of aromatic nitrogens is 1. The minimum atomic E-state index is -0.211. The third kappa shape index (κ3) is 2.38. The molecule has 0 radical (unpaired) electrons. The largest absolute Gasteiger partial charge is 0.268 e. The van der Waals surface area contributed by atoms with Gasteiger partial charge in [-0.15, -0.1) is 0 Å². The number of pyridine rings is 1. The Labute approximate surface area is 145 Å². The van der Waals surface area contributed by atoms with Gasteiger partial charge in [0.2, 0.25) is 0 Å². The topological polar surface area (TPSA) is 57.0 Å². The zero-order valence-corrected chi connectivity index (χ0v) is 13.7. The fourth-order valence-corrected chi connectivity index (χ4v) is 3.34. The lowest BCUT2D eigenvalue weighted by molar-refractivity contribution is 0.0995. The lowest BCUT2D eigenvalue weighted by Crippen LogP contribution is -2.33. The number of carbonyl (C=O) groups excluding carboxylic acids is 1. The van der Waals surface area contributed by atoms with Gasteiger partial charge in [-0.05, 0) is 30.3 Å². The van der Waals surface area contributed by atoms with Crippen molar-refractivity contribution in [2.75, 3.05) is 4.90 Å². The molecule has 4 rings (SSSR count). The minimum absolute atomic E-state index is 0.00285. The molecule has 0 saturated carbocycles. The lowest BCUT2D eigenvalue weighted by atomic mass is 9.90. The average molecular weight is 325 g/mol. The molecule has 0 fully saturated rings. The molecule has 1 unspecified atom stereocenters. The van der Waals surface area contributed by atoms with Gasteiger partial charge in [-0.3, -0.25) is 14.7 Å². The third-order valence-corrected chi connectivity index (χ3v) is 4.47. The molecule has 2 aromatic carbocycles. The van der Waals surface area contributed by atoms with Gasteiger partial charge in [-0.2, -0.15) is 5.26 Å². The molecule has 0 saturated heterocycles. The Morgan fingerprint density at radius 3 is 2.68 bits per heavy atom. The summed E-state index contributed by atoms with van der Waals surface area (Å²) in [6.45, 7) is 2.02. The van der Waals surface area contributed by atoms with Gasteiger partial charge >= 0.3 is 0 Å². The van der Waals surface area contributed by atoms with Crippen LogP contribution in [0.2, 0.25) is 0 Å². The molecule has 1 amide bonds. The summed E-state index contributed by atoms with van der Waals surface area (Å²) < 4.78 is 0. The van der Waals surface area contributed by atoms with Crippen molar-refractivity contribution in [2.24, 2.45) is 0 Å². The van der Waals surface area contributed by atoms with Crippen molar-refractivity contribution in [3.8, 4) is 6.07 Å². The molecule has 2 heterocycles. The number of nitrogens with zero attached hydrogens (tertiary/aromatic N) is 3. The number of amides is 1. The number of hydrogen-bond acceptors (Lipinski definition) is 3. The van der Waals surface area contributed by atoms with E-state index >= 15 is 0 Å². The Bertz CT molecular complexity index is 1050. The number of carbonyl (C=O) groups is 1. The van der Waals surface area contributed by atoms with Crippen LogP contribution >= 0.6 is 0 Å². The molecule has 1 aromatic heterocycles. The predicted molar refractivity (Wildman–Crippen MR) is 97.1 cm³/mol. The van der Waals surface area contributed by atoms with Crippen LogP contribution in [-0.4, -0.2) is 10.9 Å². The summed E-state index contributed by atoms with van der Waals surface area (Å²) in [6.07, 6.45) is 3.58. The first-order chi connectivity index (χ1) is 12.2. The molecular weight excluding hydrogens is 310 g/mol. The van der Waals surface area contributed by atoms with Crippen molar-refractivity contribution in [1.82, 2.24) is 4.98 Å². The number of nitriles is 1. The van der Waals surface area contributed by atoms with E-state index in [9.17, 15) is 10.1 Å². The number of benzene rings is 2. The normalized spacial score (nSPS) is 16.1. The van der Waals surface area contributed by atoms with E-state index in [0.717, 1.165) is 22.2 Å². The van der Waals surface area contributed by atoms with Crippen LogP contribution in [0.4, 0.5) is 5.69 Å². The quantitative estimate of drug-likeness (QED) is 0.666. The summed E-state index contributed by atoms with van der Waals surface area (Å²) in [6, 6.07) is 18.9. The van der Waals surface area contributed by atoms with Crippen molar-refractivity contribution in [3.05, 3.63) is 83.7 Å². The molecule has 25 heavy (non-hydrogen) atoms. The van der Waals surface area contributed by atoms with Gasteiger partial charge in [0.15, 0.2) is 0 Å². The van der Waals surface area contributed by atoms with E-state index in [-0.39, 0.29) is 11.8 Å². The van der Waals surface area contributed by atoms with Crippen LogP contribution in [0.15, 0.2) is 72.6 Å². The number of fused-ring (bicyclic) bond motifs is 3. The zero-order chi connectivity index (χ0) is 17.4. The van der Waals surface area contributed by atoms with Crippen LogP contribution in [-0.2, 0) is 0 Å². The second-order valence-electron chi connectivity index (χ2n) is 6.03. The molecule has 0 spiro atoms. The SMILES string of the molecule is CC1C=C(C#N)N(C(=O)c2ccccc2)c2ccc3cccnc3c21. The van der Waals surface area contributed by atoms with Crippen LogP contribution in [0.5, 0.6) is 0 Å². The second-order valence-corrected chi connectivity index (χ2v) is 6.03. The standard InChI is InChI=1S/C21H15N3O/c1-14-12-17(13-22)24(21(25)16-6-3-2-4-7-16)18-10-9-15-8-5-11-23-20(15)19(14)18/h2-12,14H,1H3. The molecule has 1 aliphatic heterocycles. The second kappa shape index (κ2) is 5.88. The maximum atomic E-state index is 13.1. The maximum absolute atomic E-state index is 13.1. The zero-order valence-electron chi connectivity index (χ0n) is 13.7. The van der Waals surface area contributed by atoms with Crippen molar-refractivity contribution in [1.29, 1.82) is 5.26 Å². The summed E-state index contributed by atoms with van der Waals surface area (Å²) in [5.74, 6) is -0.208. The Morgan fingerprint density at radius 1 is 1.12 bits per heavy atom. The van der Waals surface area contributed by atoms with Crippen molar-refractivity contribution in [3.63, 3.8) is 0 Å². The van der Waals surface area contributed by atoms with Crippen molar-refractivity contribution in [2.45, 2.75) is 12.8 Å². The first-order valence-electron chi connectivity index (χ1n) is 8.10. The fourth-order valence-electron chi connectivity index (χ4n) is 3.34. The summed E-state index contributed by atoms with van der Waals surface area (Å²) in [5.41, 5.74) is 3.47. The first-order valence-corrected chi connectivity index (χ1v) is 8.10. The fraction of sp³-hybridized carbons (Fsp3) is 0.0952. The Kier molecular flexibility index (Phi) is 3.55. The van der Waals surface area contributed by atoms with Crippen LogP contribution in [0.1, 0.15) is 28.8 Å². The number of rotatable bonds is 1. The first kappa shape index (κ1) is 15.1. The Balaban J connectivity index is 1.96. The molecule has 0 aliphatic carbocycles. The van der Waals surface area contributed by atoms with Crippen LogP contribution in [0.3, 0.4) is 0 Å². The van der Waals surface area contributed by atoms with Gasteiger partial charge in [0.05, 0.1) is 11.2 Å². The monoisotopic (exact) mass is 325 g/mol. The highest BCUT2D eigenvalue weighted by molar-refractivity contribution is 6.11. The Morgan fingerprint density at radius 2 is 1.92 bits per heavy atom. The molecule has 3 aromatic rings. The number of anilines is 1. The van der Waals surface area contributed by atoms with E-state index < -0.39 is 0 Å². The van der Waals surface area contributed by atoms with Gasteiger partial charge in [-0.25, -0.2) is 0 Å². The van der Waals surface area contributed by atoms with E-state index in [0.29, 0.717) is 11.3 Å². The molecule has 4 heteroatoms. The van der Waals surface area contributed by atoms with E-state index in [4.69, 9.17) is 0 Å². The molecule has 1 atom stereocenters. The third-order valence-electron chi connectivity index (χ3n) is 4.47. The van der Waals surface area contributed by atoms with Crippen LogP contribution < -0.4 is 4.90 Å². The molecule has 1 aliphatic rings. The van der Waals surface area contributed by atoms with E-state index in [1.165, 1.54) is 4.90 Å². The minimum Gasteiger partial charge on any atom is -0.268 e. The van der Waals surface area contributed by atoms with Gasteiger partial charge < -0.3 is 0 Å². The van der Waals surface area contributed by atoms with E-state index in [1.807, 2.05) is 55.5 Å². The van der Waals surface area contributed by atoms with Gasteiger partial charge in [0.25, 0.3) is 5.91 Å². The van der Waals surface area contributed by atoms with E-state index in [2.05, 4.69) is 11.1 Å². The lowest BCUT2D eigenvalue weighted by Gasteiger charge is -2.31. The summed E-state index contributed by atoms with van der Waals surface area (Å²) in [4.78, 5) is 19.1. The summed E-state index contributed by atoms with van der Waals surface area (Å²) in [5, 5.41) is 10.6. The molecule has 120 valence electrons. The van der Waals surface area contributed by atoms with Gasteiger partial charge in [0.1, 0.15) is 11.8 Å². The number of allylic oxidation sites excluding steroid dienone is 2. The summed E-state index contributed by atoms with van der Waals surface area (Å²) >= 11 is 0. The molecule has 0 N–H and O–H groups in total. The predicted octanol–water partition coefficient (Wildman–Crippen LogP) is 4.41. The molecular formula is C21H15N3O. The van der Waals surface area contributed by atoms with Crippen LogP contribution in [0, 0.1) is 11.3 Å². The highest BCUT2D eigenvalue weighted by atomic mass is 16.2. The Hall–Kier alpha value is -3.45. The van der Waals surface area contributed by atoms with Gasteiger partial charge in [0, 0.05) is 28.6 Å². The molecule has 4 nitrogen and oxygen atoms in total. The van der Waals surface area contributed by atoms with Crippen molar-refractivity contribution >= 4 is 22.5 Å². The van der Waals surface area contributed by atoms with Gasteiger partial charge in [-0.1, -0.05) is 37.3 Å². The van der Waals surface area contributed by atoms with E-state index in [1.54, 1.807) is 18.3 Å². The maximum Gasteiger partial charge on any atom is 0.263 e. The average Bonchev–Trinajstić information content (AvgIpc) is 2.67. The summed E-state index contributed by atoms with van der Waals surface area (Å²) in [7, 11) is 0. The molecule has 0 bridgehead atoms. The highest BCUT2D eigenvalue weighted by Crippen LogP contribution is 2.40. The number of hydrogen-bond donors (Lipinski definition) is 0. The smallest absolute Gasteiger partial charge is 0.263 e. The van der Waals surface area contributed by atoms with Crippen LogP contribution in [0.25, 0.3) is 10.9 Å². The van der Waals surface area contributed by atoms with Crippen molar-refractivity contribution < 1.29 is 4.79 Å².